The van der Waals surface area contributed by atoms with Crippen LogP contribution in [0.25, 0.3) is 0 Å². The van der Waals surface area contributed by atoms with Crippen molar-refractivity contribution in [3.05, 3.63) is 0 Å². The maximum Gasteiger partial charge on any atom is -0.00167 e. The van der Waals surface area contributed by atoms with E-state index in [9.17, 15) is 0 Å². The number of hydrogen-bond donors (Lipinski definition) is 1. The van der Waals surface area contributed by atoms with Crippen LogP contribution in [-0.2, 0) is 0 Å². The highest BCUT2D eigenvalue weighted by atomic mass is 14.4. The number of nitrogens with one attached hydrogen (secondary N) is 1. The summed E-state index contributed by atoms with van der Waals surface area (Å²) in [6.07, 6.45) is 8.52. The molecule has 0 aromatic carbocycles. The molecule has 1 saturated carbocycles. The fourth-order valence-electron chi connectivity index (χ4n) is 1.80. The van der Waals surface area contributed by atoms with Crippen LogP contribution < -0.4 is 0 Å². The molecule has 1 aliphatic carbocycles. The average molecular weight is 169 g/mol. The van der Waals surface area contributed by atoms with Gasteiger partial charge in [0.25, 0.3) is 0 Å². The van der Waals surface area contributed by atoms with Crippen LogP contribution in [0.4, 0.5) is 0 Å². The zero-order valence-corrected chi connectivity index (χ0v) is 8.77. The fraction of sp³-hybridized carbons (Fsp3) is 0.909. The third-order valence-corrected chi connectivity index (χ3v) is 2.66. The van der Waals surface area contributed by atoms with E-state index < -0.39 is 0 Å². The quantitative estimate of drug-likeness (QED) is 0.607. The molecule has 1 aliphatic rings. The van der Waals surface area contributed by atoms with E-state index in [1.807, 2.05) is 13.8 Å². The zero-order chi connectivity index (χ0) is 9.40. The molecule has 0 saturated heterocycles. The van der Waals surface area contributed by atoms with Gasteiger partial charge in [-0.15, -0.1) is 0 Å². The standard InChI is InChI=1S/C9H17N.C2H6/c1-8(7-10)9-5-3-2-4-6-9;1-2/h7-10H,2-6H2,1H3;1-2H3. The highest BCUT2D eigenvalue weighted by Gasteiger charge is 2.17. The molecule has 0 aromatic rings. The first kappa shape index (κ1) is 11.7. The molecule has 1 fully saturated rings. The van der Waals surface area contributed by atoms with Crippen molar-refractivity contribution in [3.8, 4) is 0 Å². The number of rotatable bonds is 2. The van der Waals surface area contributed by atoms with Crippen LogP contribution in [-0.4, -0.2) is 6.21 Å². The molecule has 1 heteroatoms. The molecule has 0 aromatic heterocycles. The maximum absolute atomic E-state index is 7.12. The van der Waals surface area contributed by atoms with Crippen LogP contribution in [0.3, 0.4) is 0 Å². The minimum Gasteiger partial charge on any atom is -0.313 e. The molecule has 1 N–H and O–H groups in total. The van der Waals surface area contributed by atoms with Crippen LogP contribution in [0.15, 0.2) is 0 Å². The Morgan fingerprint density at radius 1 is 1.17 bits per heavy atom. The van der Waals surface area contributed by atoms with Crippen molar-refractivity contribution in [1.82, 2.24) is 0 Å². The average Bonchev–Trinajstić information content (AvgIpc) is 2.21. The van der Waals surface area contributed by atoms with Gasteiger partial charge in [-0.1, -0.05) is 40.0 Å². The molecule has 1 unspecified atom stereocenters. The third kappa shape index (κ3) is 3.89. The second kappa shape index (κ2) is 7.33. The molecular weight excluding hydrogens is 146 g/mol. The summed E-state index contributed by atoms with van der Waals surface area (Å²) >= 11 is 0. The third-order valence-electron chi connectivity index (χ3n) is 2.66. The first-order valence-electron chi connectivity index (χ1n) is 5.35. The van der Waals surface area contributed by atoms with Gasteiger partial charge in [0.1, 0.15) is 0 Å². The lowest BCUT2D eigenvalue weighted by Gasteiger charge is -2.24. The summed E-state index contributed by atoms with van der Waals surface area (Å²) in [5, 5.41) is 7.12. The summed E-state index contributed by atoms with van der Waals surface area (Å²) in [5.74, 6) is 1.35. The largest absolute Gasteiger partial charge is 0.313 e. The van der Waals surface area contributed by atoms with Crippen molar-refractivity contribution >= 4 is 6.21 Å². The monoisotopic (exact) mass is 169 g/mol. The summed E-state index contributed by atoms with van der Waals surface area (Å²) in [7, 11) is 0. The van der Waals surface area contributed by atoms with E-state index in [0.717, 1.165) is 5.92 Å². The summed E-state index contributed by atoms with van der Waals surface area (Å²) in [5.41, 5.74) is 0. The Balaban J connectivity index is 0.000000561. The van der Waals surface area contributed by atoms with Crippen LogP contribution in [0.2, 0.25) is 0 Å². The molecule has 1 nitrogen and oxygen atoms in total. The van der Waals surface area contributed by atoms with E-state index in [1.165, 1.54) is 32.1 Å². The Hall–Kier alpha value is -0.330. The van der Waals surface area contributed by atoms with Gasteiger partial charge in [0.15, 0.2) is 0 Å². The van der Waals surface area contributed by atoms with E-state index in [-0.39, 0.29) is 0 Å². The summed E-state index contributed by atoms with van der Waals surface area (Å²) < 4.78 is 0. The predicted octanol–water partition coefficient (Wildman–Crippen LogP) is 3.88. The van der Waals surface area contributed by atoms with Crippen molar-refractivity contribution in [2.75, 3.05) is 0 Å². The number of hydrogen-bond acceptors (Lipinski definition) is 1. The second-order valence-corrected chi connectivity index (χ2v) is 3.42. The molecule has 1 atom stereocenters. The van der Waals surface area contributed by atoms with Gasteiger partial charge in [0.2, 0.25) is 0 Å². The Kier molecular flexibility index (Phi) is 7.12. The lowest BCUT2D eigenvalue weighted by Crippen LogP contribution is -2.15. The van der Waals surface area contributed by atoms with Crippen LogP contribution in [0.1, 0.15) is 52.9 Å². The lowest BCUT2D eigenvalue weighted by molar-refractivity contribution is 0.314. The van der Waals surface area contributed by atoms with Gasteiger partial charge in [-0.25, -0.2) is 0 Å². The van der Waals surface area contributed by atoms with E-state index in [2.05, 4.69) is 6.92 Å². The van der Waals surface area contributed by atoms with E-state index in [0.29, 0.717) is 5.92 Å². The Bertz CT molecular complexity index is 104. The first-order valence-corrected chi connectivity index (χ1v) is 5.35. The lowest BCUT2D eigenvalue weighted by atomic mass is 9.81. The second-order valence-electron chi connectivity index (χ2n) is 3.42. The van der Waals surface area contributed by atoms with Gasteiger partial charge in [0.05, 0.1) is 0 Å². The van der Waals surface area contributed by atoms with Gasteiger partial charge in [0, 0.05) is 0 Å². The smallest absolute Gasteiger partial charge is 0.00167 e. The van der Waals surface area contributed by atoms with Crippen molar-refractivity contribution in [3.63, 3.8) is 0 Å². The topological polar surface area (TPSA) is 23.9 Å². The van der Waals surface area contributed by atoms with E-state index >= 15 is 0 Å². The predicted molar refractivity (Wildman–Crippen MR) is 55.9 cm³/mol. The molecule has 1 rings (SSSR count). The highest BCUT2D eigenvalue weighted by Crippen LogP contribution is 2.28. The molecule has 0 spiro atoms. The Labute approximate surface area is 77.1 Å². The summed E-state index contributed by atoms with van der Waals surface area (Å²) in [4.78, 5) is 0. The molecule has 0 radical (unpaired) electrons. The molecule has 72 valence electrons. The van der Waals surface area contributed by atoms with Gasteiger partial charge >= 0.3 is 0 Å². The summed E-state index contributed by atoms with van der Waals surface area (Å²) in [6.45, 7) is 6.17. The summed E-state index contributed by atoms with van der Waals surface area (Å²) in [6, 6.07) is 0. The highest BCUT2D eigenvalue weighted by molar-refractivity contribution is 5.56. The molecule has 0 aliphatic heterocycles. The van der Waals surface area contributed by atoms with Crippen molar-refractivity contribution < 1.29 is 0 Å². The minimum atomic E-state index is 0.528. The molecule has 0 amide bonds. The maximum atomic E-state index is 7.12. The van der Waals surface area contributed by atoms with Crippen LogP contribution >= 0.6 is 0 Å². The van der Waals surface area contributed by atoms with Gasteiger partial charge in [-0.05, 0) is 30.9 Å². The fourth-order valence-corrected chi connectivity index (χ4v) is 1.80. The van der Waals surface area contributed by atoms with Crippen LogP contribution in [0.5, 0.6) is 0 Å². The first-order chi connectivity index (χ1) is 5.84. The van der Waals surface area contributed by atoms with Gasteiger partial charge < -0.3 is 5.41 Å². The van der Waals surface area contributed by atoms with Crippen LogP contribution in [0, 0.1) is 17.2 Å². The molecular formula is C11H23N. The van der Waals surface area contributed by atoms with E-state index in [1.54, 1.807) is 6.21 Å². The molecule has 12 heavy (non-hydrogen) atoms. The van der Waals surface area contributed by atoms with Crippen molar-refractivity contribution in [2.45, 2.75) is 52.9 Å². The Morgan fingerprint density at radius 3 is 2.08 bits per heavy atom. The molecule has 0 heterocycles. The van der Waals surface area contributed by atoms with Crippen molar-refractivity contribution in [1.29, 1.82) is 5.41 Å². The zero-order valence-electron chi connectivity index (χ0n) is 8.77. The normalized spacial score (nSPS) is 20.6. The Morgan fingerprint density at radius 2 is 1.67 bits per heavy atom. The molecule has 0 bridgehead atoms. The van der Waals surface area contributed by atoms with Gasteiger partial charge in [-0.3, -0.25) is 0 Å². The SMILES string of the molecule is CC.CC(C=N)C1CCCCC1. The minimum absolute atomic E-state index is 0.528. The van der Waals surface area contributed by atoms with E-state index in [4.69, 9.17) is 5.41 Å². The van der Waals surface area contributed by atoms with Gasteiger partial charge in [-0.2, -0.15) is 0 Å². The van der Waals surface area contributed by atoms with Crippen molar-refractivity contribution in [2.24, 2.45) is 11.8 Å².